The fraction of sp³-hybridized carbons (Fsp3) is 0.700. The highest BCUT2D eigenvalue weighted by molar-refractivity contribution is 5.04. The number of hydrogen-bond acceptors (Lipinski definition) is 3. The molecule has 5 nitrogen and oxygen atoms in total. The van der Waals surface area contributed by atoms with Gasteiger partial charge in [0.1, 0.15) is 0 Å². The van der Waals surface area contributed by atoms with E-state index in [1.165, 1.54) is 23.6 Å². The van der Waals surface area contributed by atoms with Crippen molar-refractivity contribution >= 4 is 0 Å². The van der Waals surface area contributed by atoms with E-state index in [1.54, 1.807) is 11.6 Å². The van der Waals surface area contributed by atoms with Crippen molar-refractivity contribution in [3.05, 3.63) is 16.7 Å². The van der Waals surface area contributed by atoms with Gasteiger partial charge in [-0.1, -0.05) is 0 Å². The van der Waals surface area contributed by atoms with E-state index < -0.39 is 0 Å². The molecule has 0 atom stereocenters. The van der Waals surface area contributed by atoms with Gasteiger partial charge in [0.05, 0.1) is 6.20 Å². The van der Waals surface area contributed by atoms with Crippen molar-refractivity contribution in [3.63, 3.8) is 0 Å². The Morgan fingerprint density at radius 1 is 1.33 bits per heavy atom. The molecule has 0 aromatic carbocycles. The minimum absolute atomic E-state index is 0.0291. The second-order valence-corrected chi connectivity index (χ2v) is 4.07. The van der Waals surface area contributed by atoms with Crippen LogP contribution in [0.4, 0.5) is 0 Å². The van der Waals surface area contributed by atoms with Crippen molar-refractivity contribution in [2.24, 2.45) is 7.05 Å². The van der Waals surface area contributed by atoms with Gasteiger partial charge in [0.25, 0.3) is 0 Å². The maximum absolute atomic E-state index is 11.5. The molecule has 84 valence electrons. The molecule has 0 aliphatic carbocycles. The smallest absolute Gasteiger partial charge is 0.330 e. The molecule has 0 radical (unpaired) electrons. The fourth-order valence-corrected chi connectivity index (χ4v) is 1.99. The van der Waals surface area contributed by atoms with Crippen molar-refractivity contribution in [2.75, 3.05) is 19.6 Å². The van der Waals surface area contributed by atoms with Gasteiger partial charge in [0.2, 0.25) is 5.88 Å². The van der Waals surface area contributed by atoms with Crippen LogP contribution in [0.2, 0.25) is 0 Å². The average Bonchev–Trinajstić information content (AvgIpc) is 2.80. The van der Waals surface area contributed by atoms with Crippen LogP contribution in [0, 0.1) is 0 Å². The molecule has 1 aliphatic rings. The molecule has 1 saturated heterocycles. The van der Waals surface area contributed by atoms with Crippen molar-refractivity contribution in [2.45, 2.75) is 19.4 Å². The van der Waals surface area contributed by atoms with Crippen LogP contribution < -0.4 is 5.69 Å². The first-order valence-electron chi connectivity index (χ1n) is 5.36. The summed E-state index contributed by atoms with van der Waals surface area (Å²) in [5, 5.41) is 9.34. The van der Waals surface area contributed by atoms with Crippen LogP contribution in [0.15, 0.2) is 11.0 Å². The highest BCUT2D eigenvalue weighted by atomic mass is 16.3. The number of aromatic nitrogens is 2. The zero-order chi connectivity index (χ0) is 10.8. The molecule has 1 N–H and O–H groups in total. The van der Waals surface area contributed by atoms with Gasteiger partial charge in [0, 0.05) is 20.1 Å². The van der Waals surface area contributed by atoms with E-state index in [1.807, 2.05) is 0 Å². The van der Waals surface area contributed by atoms with Gasteiger partial charge < -0.3 is 10.0 Å². The molecule has 0 saturated carbocycles. The molecule has 1 aliphatic heterocycles. The Morgan fingerprint density at radius 2 is 2.00 bits per heavy atom. The molecule has 1 fully saturated rings. The summed E-state index contributed by atoms with van der Waals surface area (Å²) < 4.78 is 2.82. The van der Waals surface area contributed by atoms with E-state index in [2.05, 4.69) is 4.90 Å². The van der Waals surface area contributed by atoms with Crippen LogP contribution >= 0.6 is 0 Å². The van der Waals surface area contributed by atoms with Crippen LogP contribution in [0.1, 0.15) is 12.8 Å². The normalized spacial score (nSPS) is 17.4. The fourth-order valence-electron chi connectivity index (χ4n) is 1.99. The molecule has 0 spiro atoms. The standard InChI is InChI=1S/C10H17N3O2/c1-11-9(14)8-13(10(11)15)7-6-12-4-2-3-5-12/h8,14H,2-7H2,1H3. The van der Waals surface area contributed by atoms with Gasteiger partial charge in [0.15, 0.2) is 0 Å². The van der Waals surface area contributed by atoms with E-state index >= 15 is 0 Å². The number of hydrogen-bond donors (Lipinski definition) is 1. The molecule has 0 unspecified atom stereocenters. The maximum atomic E-state index is 11.5. The van der Waals surface area contributed by atoms with Crippen molar-refractivity contribution in [1.82, 2.24) is 14.0 Å². The third-order valence-electron chi connectivity index (χ3n) is 3.00. The Kier molecular flexibility index (Phi) is 2.81. The molecule has 5 heteroatoms. The third-order valence-corrected chi connectivity index (χ3v) is 3.00. The number of rotatable bonds is 3. The lowest BCUT2D eigenvalue weighted by Gasteiger charge is -2.13. The molecule has 0 bridgehead atoms. The summed E-state index contributed by atoms with van der Waals surface area (Å²) in [6.45, 7) is 3.82. The molecular formula is C10H17N3O2. The highest BCUT2D eigenvalue weighted by Gasteiger charge is 2.12. The Labute approximate surface area is 88.5 Å². The van der Waals surface area contributed by atoms with Crippen LogP contribution in [0.25, 0.3) is 0 Å². The Bertz CT molecular complexity index is 388. The quantitative estimate of drug-likeness (QED) is 0.765. The van der Waals surface area contributed by atoms with E-state index in [0.717, 1.165) is 19.6 Å². The summed E-state index contributed by atoms with van der Waals surface area (Å²) in [4.78, 5) is 13.9. The number of aromatic hydroxyl groups is 1. The largest absolute Gasteiger partial charge is 0.493 e. The molecule has 1 aromatic rings. The maximum Gasteiger partial charge on any atom is 0.330 e. The summed E-state index contributed by atoms with van der Waals surface area (Å²) in [5.41, 5.74) is -0.147. The van der Waals surface area contributed by atoms with E-state index in [9.17, 15) is 9.90 Å². The van der Waals surface area contributed by atoms with Crippen molar-refractivity contribution in [3.8, 4) is 5.88 Å². The van der Waals surface area contributed by atoms with E-state index in [0.29, 0.717) is 6.54 Å². The molecule has 2 heterocycles. The lowest BCUT2D eigenvalue weighted by atomic mass is 10.4. The predicted molar refractivity (Wildman–Crippen MR) is 57.0 cm³/mol. The van der Waals surface area contributed by atoms with Crippen LogP contribution in [-0.2, 0) is 13.6 Å². The first-order chi connectivity index (χ1) is 7.18. The Hall–Kier alpha value is -1.23. The predicted octanol–water partition coefficient (Wildman–Crippen LogP) is -0.0118. The number of nitrogens with zero attached hydrogens (tertiary/aromatic N) is 3. The van der Waals surface area contributed by atoms with Gasteiger partial charge in [-0.05, 0) is 25.9 Å². The summed E-state index contributed by atoms with van der Waals surface area (Å²) in [6.07, 6.45) is 4.02. The zero-order valence-corrected chi connectivity index (χ0v) is 9.02. The molecular weight excluding hydrogens is 194 g/mol. The van der Waals surface area contributed by atoms with Gasteiger partial charge in [-0.15, -0.1) is 0 Å². The zero-order valence-electron chi connectivity index (χ0n) is 9.02. The summed E-state index contributed by atoms with van der Waals surface area (Å²) in [7, 11) is 1.57. The van der Waals surface area contributed by atoms with E-state index in [4.69, 9.17) is 0 Å². The second-order valence-electron chi connectivity index (χ2n) is 4.07. The van der Waals surface area contributed by atoms with Gasteiger partial charge in [-0.2, -0.15) is 0 Å². The second kappa shape index (κ2) is 4.10. The summed E-state index contributed by atoms with van der Waals surface area (Å²) in [6, 6.07) is 0. The number of likely N-dealkylation sites (tertiary alicyclic amines) is 1. The molecule has 0 amide bonds. The van der Waals surface area contributed by atoms with Gasteiger partial charge >= 0.3 is 5.69 Å². The van der Waals surface area contributed by atoms with Crippen molar-refractivity contribution in [1.29, 1.82) is 0 Å². The topological polar surface area (TPSA) is 50.4 Å². The SMILES string of the molecule is Cn1c(O)cn(CCN2CCCC2)c1=O. The summed E-state index contributed by atoms with van der Waals surface area (Å²) >= 11 is 0. The van der Waals surface area contributed by atoms with E-state index in [-0.39, 0.29) is 11.6 Å². The van der Waals surface area contributed by atoms with Crippen LogP contribution in [-0.4, -0.2) is 38.8 Å². The number of imidazole rings is 1. The lowest BCUT2D eigenvalue weighted by Crippen LogP contribution is -2.29. The first kappa shape index (κ1) is 10.3. The Morgan fingerprint density at radius 3 is 2.53 bits per heavy atom. The molecule has 15 heavy (non-hydrogen) atoms. The first-order valence-corrected chi connectivity index (χ1v) is 5.36. The van der Waals surface area contributed by atoms with Gasteiger partial charge in [-0.3, -0.25) is 9.13 Å². The monoisotopic (exact) mass is 211 g/mol. The Balaban J connectivity index is 1.98. The average molecular weight is 211 g/mol. The minimum Gasteiger partial charge on any atom is -0.493 e. The minimum atomic E-state index is -0.147. The van der Waals surface area contributed by atoms with Crippen LogP contribution in [0.3, 0.4) is 0 Å². The highest BCUT2D eigenvalue weighted by Crippen LogP contribution is 2.07. The van der Waals surface area contributed by atoms with Gasteiger partial charge in [-0.25, -0.2) is 4.79 Å². The third kappa shape index (κ3) is 2.07. The lowest BCUT2D eigenvalue weighted by molar-refractivity contribution is 0.320. The molecule has 2 rings (SSSR count). The van der Waals surface area contributed by atoms with Crippen LogP contribution in [0.5, 0.6) is 5.88 Å². The summed E-state index contributed by atoms with van der Waals surface area (Å²) in [5.74, 6) is 0.0291. The molecule has 1 aromatic heterocycles. The van der Waals surface area contributed by atoms with Crippen molar-refractivity contribution < 1.29 is 5.11 Å².